The Morgan fingerprint density at radius 2 is 1.83 bits per heavy atom. The van der Waals surface area contributed by atoms with Gasteiger partial charge in [-0.1, -0.05) is 0 Å². The minimum Gasteiger partial charge on any atom is -0.394 e. The second-order valence-corrected chi connectivity index (χ2v) is 2.95. The van der Waals surface area contributed by atoms with Crippen LogP contribution in [0, 0.1) is 0 Å². The van der Waals surface area contributed by atoms with Crippen LogP contribution in [0.4, 0.5) is 0 Å². The van der Waals surface area contributed by atoms with Crippen molar-refractivity contribution < 1.29 is 25.2 Å². The van der Waals surface area contributed by atoms with Gasteiger partial charge in [0.05, 0.1) is 18.0 Å². The molecule has 12 heavy (non-hydrogen) atoms. The van der Waals surface area contributed by atoms with Gasteiger partial charge < -0.3 is 25.2 Å². The molecule has 6 heteroatoms. The molecule has 0 aromatic rings. The van der Waals surface area contributed by atoms with Crippen molar-refractivity contribution in [2.45, 2.75) is 23.6 Å². The lowest BCUT2D eigenvalue weighted by atomic mass is 10.1. The normalized spacial score (nSPS) is 21.1. The van der Waals surface area contributed by atoms with E-state index >= 15 is 0 Å². The zero-order valence-electron chi connectivity index (χ0n) is 6.24. The Bertz CT molecular complexity index is 142. The van der Waals surface area contributed by atoms with Gasteiger partial charge in [-0.15, -0.1) is 0 Å². The van der Waals surface area contributed by atoms with Gasteiger partial charge in [0, 0.05) is 0 Å². The highest BCUT2D eigenvalue weighted by molar-refractivity contribution is 7.81. The fourth-order valence-electron chi connectivity index (χ4n) is 0.618. The van der Waals surface area contributed by atoms with E-state index in [1.807, 2.05) is 0 Å². The molecule has 0 amide bonds. The average molecular weight is 196 g/mol. The molecule has 0 rings (SSSR count). The van der Waals surface area contributed by atoms with Crippen LogP contribution < -0.4 is 0 Å². The first-order valence-corrected chi connectivity index (χ1v) is 3.84. The van der Waals surface area contributed by atoms with Gasteiger partial charge >= 0.3 is 0 Å². The zero-order valence-corrected chi connectivity index (χ0v) is 7.13. The minimum atomic E-state index is -1.59. The number of aliphatic hydroxyl groups is 4. The molecule has 0 saturated heterocycles. The van der Waals surface area contributed by atoms with Crippen LogP contribution in [0.25, 0.3) is 0 Å². The van der Waals surface area contributed by atoms with Crippen molar-refractivity contribution in [1.29, 1.82) is 0 Å². The van der Waals surface area contributed by atoms with Gasteiger partial charge in [0.2, 0.25) is 0 Å². The Morgan fingerprint density at radius 3 is 2.17 bits per heavy atom. The van der Waals surface area contributed by atoms with Gasteiger partial charge in [0.15, 0.2) is 6.29 Å². The number of aliphatic hydroxyl groups excluding tert-OH is 4. The van der Waals surface area contributed by atoms with E-state index in [9.17, 15) is 4.79 Å². The van der Waals surface area contributed by atoms with Crippen molar-refractivity contribution in [1.82, 2.24) is 0 Å². The maximum absolute atomic E-state index is 9.97. The van der Waals surface area contributed by atoms with Crippen molar-refractivity contribution in [2.75, 3.05) is 6.61 Å². The summed E-state index contributed by atoms with van der Waals surface area (Å²) in [6, 6.07) is 0. The van der Waals surface area contributed by atoms with E-state index in [0.29, 0.717) is 0 Å². The van der Waals surface area contributed by atoms with Gasteiger partial charge in [-0.3, -0.25) is 0 Å². The third-order valence-electron chi connectivity index (χ3n) is 1.42. The van der Waals surface area contributed by atoms with Crippen LogP contribution in [0.1, 0.15) is 0 Å². The molecule has 72 valence electrons. The molecule has 0 heterocycles. The summed E-state index contributed by atoms with van der Waals surface area (Å²) in [4.78, 5) is 9.97. The highest BCUT2D eigenvalue weighted by atomic mass is 32.1. The van der Waals surface area contributed by atoms with Gasteiger partial charge in [0.1, 0.15) is 12.2 Å². The highest BCUT2D eigenvalue weighted by Crippen LogP contribution is 2.10. The predicted octanol–water partition coefficient (Wildman–Crippen LogP) is -2.44. The molecule has 0 aliphatic heterocycles. The number of hydrogen-bond acceptors (Lipinski definition) is 6. The first kappa shape index (κ1) is 11.9. The number of carbonyl (C=O) groups excluding carboxylic acids is 1. The number of rotatable bonds is 5. The summed E-state index contributed by atoms with van der Waals surface area (Å²) in [5.41, 5.74) is 0. The molecule has 0 spiro atoms. The van der Waals surface area contributed by atoms with Gasteiger partial charge in [-0.05, 0) is 0 Å². The first-order valence-electron chi connectivity index (χ1n) is 3.33. The standard InChI is InChI=1S/C6H12O5S/c7-1-3(9)5(11)6(12)4(10)2-8/h1,3-6,8-12H,2H2/t3-,4+,5+,6+/m0/s1. The van der Waals surface area contributed by atoms with Gasteiger partial charge in [-0.25, -0.2) is 0 Å². The number of carbonyl (C=O) groups is 1. The number of hydrogen-bond donors (Lipinski definition) is 5. The summed E-state index contributed by atoms with van der Waals surface area (Å²) < 4.78 is 0. The van der Waals surface area contributed by atoms with Crippen LogP contribution >= 0.6 is 12.6 Å². The van der Waals surface area contributed by atoms with Crippen LogP contribution in [0.5, 0.6) is 0 Å². The SMILES string of the molecule is O=C[C@H](O)[C@@H](O)[C@H](S)[C@H](O)CO. The quantitative estimate of drug-likeness (QED) is 0.248. The lowest BCUT2D eigenvalue weighted by Gasteiger charge is -2.22. The monoisotopic (exact) mass is 196 g/mol. The van der Waals surface area contributed by atoms with Gasteiger partial charge in [0.25, 0.3) is 0 Å². The van der Waals surface area contributed by atoms with E-state index in [1.54, 1.807) is 0 Å². The third-order valence-corrected chi connectivity index (χ3v) is 2.07. The maximum atomic E-state index is 9.97. The predicted molar refractivity (Wildman–Crippen MR) is 43.9 cm³/mol. The van der Waals surface area contributed by atoms with Crippen LogP contribution in [0.15, 0.2) is 0 Å². The van der Waals surface area contributed by atoms with E-state index in [4.69, 9.17) is 20.4 Å². The van der Waals surface area contributed by atoms with E-state index in [1.165, 1.54) is 0 Å². The Hall–Kier alpha value is -0.140. The van der Waals surface area contributed by atoms with Crippen LogP contribution in [-0.4, -0.2) is 56.9 Å². The second-order valence-electron chi connectivity index (χ2n) is 2.36. The van der Waals surface area contributed by atoms with E-state index in [2.05, 4.69) is 12.6 Å². The molecule has 4 N–H and O–H groups in total. The molecule has 0 aromatic heterocycles. The number of aldehydes is 1. The van der Waals surface area contributed by atoms with Gasteiger partial charge in [-0.2, -0.15) is 12.6 Å². The Kier molecular flexibility index (Phi) is 5.43. The number of thiol groups is 1. The second kappa shape index (κ2) is 5.50. The van der Waals surface area contributed by atoms with E-state index < -0.39 is 30.2 Å². The van der Waals surface area contributed by atoms with Crippen LogP contribution in [-0.2, 0) is 4.79 Å². The summed E-state index contributed by atoms with van der Waals surface area (Å²) >= 11 is 3.71. The third kappa shape index (κ3) is 3.08. The maximum Gasteiger partial charge on any atom is 0.151 e. The highest BCUT2D eigenvalue weighted by Gasteiger charge is 2.28. The molecular weight excluding hydrogens is 184 g/mol. The molecule has 0 unspecified atom stereocenters. The fourth-order valence-corrected chi connectivity index (χ4v) is 0.889. The summed E-state index contributed by atoms with van der Waals surface area (Å²) in [5, 5.41) is 34.2. The molecule has 0 fully saturated rings. The smallest absolute Gasteiger partial charge is 0.151 e. The van der Waals surface area contributed by atoms with Crippen molar-refractivity contribution in [3.05, 3.63) is 0 Å². The molecule has 0 aliphatic rings. The Labute approximate surface area is 75.1 Å². The molecule has 0 aliphatic carbocycles. The van der Waals surface area contributed by atoms with Crippen LogP contribution in [0.3, 0.4) is 0 Å². The van der Waals surface area contributed by atoms with Crippen molar-refractivity contribution in [3.8, 4) is 0 Å². The fraction of sp³-hybridized carbons (Fsp3) is 0.833. The summed E-state index contributed by atoms with van der Waals surface area (Å²) in [5.74, 6) is 0. The van der Waals surface area contributed by atoms with E-state index in [-0.39, 0.29) is 6.29 Å². The summed E-state index contributed by atoms with van der Waals surface area (Å²) in [7, 11) is 0. The van der Waals surface area contributed by atoms with E-state index in [0.717, 1.165) is 0 Å². The zero-order chi connectivity index (χ0) is 9.72. The molecule has 0 bridgehead atoms. The summed E-state index contributed by atoms with van der Waals surface area (Å²) in [6.07, 6.45) is -4.20. The molecule has 0 aromatic carbocycles. The largest absolute Gasteiger partial charge is 0.394 e. The Morgan fingerprint density at radius 1 is 1.33 bits per heavy atom. The molecular formula is C6H12O5S. The van der Waals surface area contributed by atoms with Crippen molar-refractivity contribution >= 4 is 18.9 Å². The van der Waals surface area contributed by atoms with Crippen LogP contribution in [0.2, 0.25) is 0 Å². The summed E-state index contributed by atoms with van der Waals surface area (Å²) in [6.45, 7) is -0.587. The lowest BCUT2D eigenvalue weighted by Crippen LogP contribution is -2.43. The van der Waals surface area contributed by atoms with Crippen molar-refractivity contribution in [3.63, 3.8) is 0 Å². The molecule has 0 saturated carbocycles. The lowest BCUT2D eigenvalue weighted by molar-refractivity contribution is -0.121. The topological polar surface area (TPSA) is 98.0 Å². The first-order chi connectivity index (χ1) is 5.54. The average Bonchev–Trinajstić information content (AvgIpc) is 2.12. The molecule has 0 radical (unpaired) electrons. The molecule has 4 atom stereocenters. The van der Waals surface area contributed by atoms with Crippen molar-refractivity contribution in [2.24, 2.45) is 0 Å². The minimum absolute atomic E-state index is 0.137. The molecule has 5 nitrogen and oxygen atoms in total. The Balaban J connectivity index is 4.07.